The molecule has 1 atom stereocenters. The molecule has 0 radical (unpaired) electrons. The minimum Gasteiger partial charge on any atom is -0.378 e. The zero-order chi connectivity index (χ0) is 20.1. The maximum atomic E-state index is 12.6. The molecule has 1 aromatic carbocycles. The van der Waals surface area contributed by atoms with Crippen molar-refractivity contribution in [1.29, 1.82) is 0 Å². The highest BCUT2D eigenvalue weighted by Gasteiger charge is 2.28. The molecule has 7 heteroatoms. The smallest absolute Gasteiger partial charge is 0.319 e. The molecule has 3 amide bonds. The van der Waals surface area contributed by atoms with Crippen molar-refractivity contribution < 1.29 is 14.3 Å². The fourth-order valence-corrected chi connectivity index (χ4v) is 5.00. The van der Waals surface area contributed by atoms with E-state index in [0.717, 1.165) is 12.8 Å². The van der Waals surface area contributed by atoms with Gasteiger partial charge in [-0.3, -0.25) is 4.79 Å². The van der Waals surface area contributed by atoms with E-state index in [1.807, 2.05) is 6.07 Å². The Hall–Kier alpha value is -2.38. The SMILES string of the molecule is O=C(Nc1ccc(C(=O)N2CCOCC2)cc1)N[C@H](c1cccs1)C1CCCC1. The fourth-order valence-electron chi connectivity index (χ4n) is 4.13. The summed E-state index contributed by atoms with van der Waals surface area (Å²) < 4.78 is 5.30. The number of nitrogens with zero attached hydrogens (tertiary/aromatic N) is 1. The number of hydrogen-bond donors (Lipinski definition) is 2. The number of rotatable bonds is 5. The Morgan fingerprint density at radius 1 is 1.07 bits per heavy atom. The summed E-state index contributed by atoms with van der Waals surface area (Å²) in [5, 5.41) is 8.14. The molecule has 0 spiro atoms. The average Bonchev–Trinajstić information content (AvgIpc) is 3.47. The third-order valence-electron chi connectivity index (χ3n) is 5.70. The number of anilines is 1. The summed E-state index contributed by atoms with van der Waals surface area (Å²) in [6.45, 7) is 2.40. The van der Waals surface area contributed by atoms with Gasteiger partial charge in [0.2, 0.25) is 0 Å². The zero-order valence-electron chi connectivity index (χ0n) is 16.4. The van der Waals surface area contributed by atoms with E-state index in [-0.39, 0.29) is 18.0 Å². The predicted molar refractivity (Wildman–Crippen MR) is 114 cm³/mol. The van der Waals surface area contributed by atoms with Gasteiger partial charge in [0.15, 0.2) is 0 Å². The van der Waals surface area contributed by atoms with Gasteiger partial charge in [0.1, 0.15) is 0 Å². The number of benzene rings is 1. The van der Waals surface area contributed by atoms with Gasteiger partial charge in [-0.05, 0) is 54.5 Å². The van der Waals surface area contributed by atoms with Gasteiger partial charge in [-0.2, -0.15) is 0 Å². The first-order chi connectivity index (χ1) is 14.2. The first kappa shape index (κ1) is 19.9. The summed E-state index contributed by atoms with van der Waals surface area (Å²) in [7, 11) is 0. The van der Waals surface area contributed by atoms with Crippen molar-refractivity contribution in [2.75, 3.05) is 31.6 Å². The molecule has 1 saturated carbocycles. The maximum absolute atomic E-state index is 12.6. The standard InChI is InChI=1S/C22H27N3O3S/c26-21(25-11-13-28-14-12-25)17-7-9-18(10-8-17)23-22(27)24-20(16-4-1-2-5-16)19-6-3-15-29-19/h3,6-10,15-16,20H,1-2,4-5,11-14H2,(H2,23,24,27)/t20-/m0/s1. The second-order valence-corrected chi connectivity index (χ2v) is 8.60. The van der Waals surface area contributed by atoms with Gasteiger partial charge in [0.05, 0.1) is 19.3 Å². The minimum atomic E-state index is -0.206. The van der Waals surface area contributed by atoms with Crippen LogP contribution in [0.15, 0.2) is 41.8 Å². The summed E-state index contributed by atoms with van der Waals surface area (Å²) in [6.07, 6.45) is 4.77. The maximum Gasteiger partial charge on any atom is 0.319 e. The number of carbonyl (C=O) groups is 2. The monoisotopic (exact) mass is 413 g/mol. The van der Waals surface area contributed by atoms with Crippen LogP contribution in [0.2, 0.25) is 0 Å². The molecular formula is C22H27N3O3S. The van der Waals surface area contributed by atoms with E-state index in [9.17, 15) is 9.59 Å². The second-order valence-electron chi connectivity index (χ2n) is 7.62. The molecule has 2 aliphatic rings. The Balaban J connectivity index is 1.36. The average molecular weight is 414 g/mol. The largest absolute Gasteiger partial charge is 0.378 e. The molecular weight excluding hydrogens is 386 g/mol. The van der Waals surface area contributed by atoms with E-state index < -0.39 is 0 Å². The van der Waals surface area contributed by atoms with Gasteiger partial charge in [-0.1, -0.05) is 18.9 Å². The zero-order valence-corrected chi connectivity index (χ0v) is 17.2. The van der Waals surface area contributed by atoms with Gasteiger partial charge in [-0.25, -0.2) is 4.79 Å². The fraction of sp³-hybridized carbons (Fsp3) is 0.455. The molecule has 2 heterocycles. The summed E-state index contributed by atoms with van der Waals surface area (Å²) in [5.74, 6) is 0.496. The number of ether oxygens (including phenoxy) is 1. The van der Waals surface area contributed by atoms with Crippen LogP contribution < -0.4 is 10.6 Å². The lowest BCUT2D eigenvalue weighted by Crippen LogP contribution is -2.40. The van der Waals surface area contributed by atoms with E-state index >= 15 is 0 Å². The van der Waals surface area contributed by atoms with Gasteiger partial charge < -0.3 is 20.3 Å². The number of morpholine rings is 1. The van der Waals surface area contributed by atoms with Crippen LogP contribution in [0.4, 0.5) is 10.5 Å². The van der Waals surface area contributed by atoms with Crippen LogP contribution in [0.1, 0.15) is 47.0 Å². The van der Waals surface area contributed by atoms with Crippen molar-refractivity contribution in [2.24, 2.45) is 5.92 Å². The number of nitrogens with one attached hydrogen (secondary N) is 2. The van der Waals surface area contributed by atoms with E-state index in [2.05, 4.69) is 22.1 Å². The quantitative estimate of drug-likeness (QED) is 0.769. The Bertz CT molecular complexity index is 810. The van der Waals surface area contributed by atoms with Crippen LogP contribution in [0.3, 0.4) is 0 Å². The van der Waals surface area contributed by atoms with Crippen molar-refractivity contribution >= 4 is 29.0 Å². The van der Waals surface area contributed by atoms with Crippen molar-refractivity contribution in [3.05, 3.63) is 52.2 Å². The van der Waals surface area contributed by atoms with Gasteiger partial charge in [0, 0.05) is 29.2 Å². The van der Waals surface area contributed by atoms with Crippen LogP contribution in [0.25, 0.3) is 0 Å². The highest BCUT2D eigenvalue weighted by molar-refractivity contribution is 7.10. The highest BCUT2D eigenvalue weighted by Crippen LogP contribution is 2.37. The molecule has 29 heavy (non-hydrogen) atoms. The lowest BCUT2D eigenvalue weighted by atomic mass is 9.97. The van der Waals surface area contributed by atoms with Gasteiger partial charge in [0.25, 0.3) is 5.91 Å². The lowest BCUT2D eigenvalue weighted by Gasteiger charge is -2.27. The number of hydrogen-bond acceptors (Lipinski definition) is 4. The Labute approximate surface area is 175 Å². The lowest BCUT2D eigenvalue weighted by molar-refractivity contribution is 0.0303. The Morgan fingerprint density at radius 3 is 2.45 bits per heavy atom. The first-order valence-electron chi connectivity index (χ1n) is 10.3. The molecule has 4 rings (SSSR count). The molecule has 2 fully saturated rings. The molecule has 2 aromatic rings. The molecule has 1 aliphatic carbocycles. The first-order valence-corrected chi connectivity index (χ1v) is 11.2. The van der Waals surface area contributed by atoms with Gasteiger partial charge >= 0.3 is 6.03 Å². The Morgan fingerprint density at radius 2 is 1.79 bits per heavy atom. The molecule has 0 bridgehead atoms. The van der Waals surface area contributed by atoms with Crippen molar-refractivity contribution in [2.45, 2.75) is 31.7 Å². The predicted octanol–water partition coefficient (Wildman–Crippen LogP) is 4.27. The third-order valence-corrected chi connectivity index (χ3v) is 6.65. The van der Waals surface area contributed by atoms with E-state index in [4.69, 9.17) is 4.74 Å². The second kappa shape index (κ2) is 9.41. The third kappa shape index (κ3) is 4.97. The molecule has 6 nitrogen and oxygen atoms in total. The Kier molecular flexibility index (Phi) is 6.46. The molecule has 0 unspecified atom stereocenters. The van der Waals surface area contributed by atoms with Gasteiger partial charge in [-0.15, -0.1) is 11.3 Å². The van der Waals surface area contributed by atoms with Crippen LogP contribution in [0.5, 0.6) is 0 Å². The number of carbonyl (C=O) groups excluding carboxylic acids is 2. The molecule has 154 valence electrons. The van der Waals surface area contributed by atoms with E-state index in [1.165, 1.54) is 17.7 Å². The number of amides is 3. The molecule has 1 aliphatic heterocycles. The van der Waals surface area contributed by atoms with Crippen LogP contribution in [-0.4, -0.2) is 43.1 Å². The normalized spacial score (nSPS) is 18.4. The van der Waals surface area contributed by atoms with Crippen LogP contribution in [0, 0.1) is 5.92 Å². The number of urea groups is 1. The van der Waals surface area contributed by atoms with E-state index in [1.54, 1.807) is 40.5 Å². The van der Waals surface area contributed by atoms with Crippen molar-refractivity contribution in [1.82, 2.24) is 10.2 Å². The number of thiophene rings is 1. The van der Waals surface area contributed by atoms with E-state index in [0.29, 0.717) is 43.5 Å². The van der Waals surface area contributed by atoms with Crippen molar-refractivity contribution in [3.8, 4) is 0 Å². The summed E-state index contributed by atoms with van der Waals surface area (Å²) in [5.41, 5.74) is 1.30. The summed E-state index contributed by atoms with van der Waals surface area (Å²) >= 11 is 1.69. The molecule has 1 aromatic heterocycles. The topological polar surface area (TPSA) is 70.7 Å². The minimum absolute atomic E-state index is 0.00305. The summed E-state index contributed by atoms with van der Waals surface area (Å²) in [6, 6.07) is 11.1. The van der Waals surface area contributed by atoms with Crippen LogP contribution in [-0.2, 0) is 4.74 Å². The molecule has 1 saturated heterocycles. The van der Waals surface area contributed by atoms with Crippen molar-refractivity contribution in [3.63, 3.8) is 0 Å². The molecule has 2 N–H and O–H groups in total. The highest BCUT2D eigenvalue weighted by atomic mass is 32.1. The summed E-state index contributed by atoms with van der Waals surface area (Å²) in [4.78, 5) is 28.2. The van der Waals surface area contributed by atoms with Crippen LogP contribution >= 0.6 is 11.3 Å².